The maximum Gasteiger partial charge on any atom is 0.119 e. The summed E-state index contributed by atoms with van der Waals surface area (Å²) in [5, 5.41) is 2.32. The standard InChI is InChI=1S/C15H20N2O/c1-10(2)14(9-16)15-13-8-12(18-3)5-4-11(13)6-7-17-15/h4-8,10,14H,9,16H2,1-3H3. The molecular formula is C15H20N2O. The molecular weight excluding hydrogens is 224 g/mol. The largest absolute Gasteiger partial charge is 0.497 e. The van der Waals surface area contributed by atoms with Crippen LogP contribution in [0.2, 0.25) is 0 Å². The number of ether oxygens (including phenoxy) is 1. The molecule has 1 unspecified atom stereocenters. The minimum atomic E-state index is 0.279. The van der Waals surface area contributed by atoms with Crippen molar-refractivity contribution in [1.82, 2.24) is 4.98 Å². The molecule has 1 aromatic heterocycles. The number of nitrogens with zero attached hydrogens (tertiary/aromatic N) is 1. The van der Waals surface area contributed by atoms with Crippen LogP contribution < -0.4 is 10.5 Å². The molecule has 3 nitrogen and oxygen atoms in total. The van der Waals surface area contributed by atoms with Crippen LogP contribution in [0.4, 0.5) is 0 Å². The van der Waals surface area contributed by atoms with E-state index in [9.17, 15) is 0 Å². The summed E-state index contributed by atoms with van der Waals surface area (Å²) in [6, 6.07) is 8.10. The molecule has 2 rings (SSSR count). The lowest BCUT2D eigenvalue weighted by Crippen LogP contribution is -2.19. The van der Waals surface area contributed by atoms with Gasteiger partial charge in [-0.3, -0.25) is 4.98 Å². The van der Waals surface area contributed by atoms with Crippen LogP contribution in [0.3, 0.4) is 0 Å². The third-order valence-corrected chi connectivity index (χ3v) is 3.41. The molecule has 0 amide bonds. The summed E-state index contributed by atoms with van der Waals surface area (Å²) in [6.45, 7) is 4.97. The second-order valence-corrected chi connectivity index (χ2v) is 4.87. The Morgan fingerprint density at radius 1 is 1.28 bits per heavy atom. The fourth-order valence-corrected chi connectivity index (χ4v) is 2.29. The number of hydrogen-bond donors (Lipinski definition) is 1. The van der Waals surface area contributed by atoms with E-state index in [1.807, 2.05) is 24.4 Å². The Bertz CT molecular complexity index is 537. The molecule has 0 radical (unpaired) electrons. The van der Waals surface area contributed by atoms with E-state index in [2.05, 4.69) is 24.9 Å². The van der Waals surface area contributed by atoms with Gasteiger partial charge in [-0.05, 0) is 29.5 Å². The second-order valence-electron chi connectivity index (χ2n) is 4.87. The van der Waals surface area contributed by atoms with Gasteiger partial charge in [-0.25, -0.2) is 0 Å². The van der Waals surface area contributed by atoms with Crippen LogP contribution in [0.25, 0.3) is 10.8 Å². The van der Waals surface area contributed by atoms with Gasteiger partial charge in [-0.1, -0.05) is 19.9 Å². The van der Waals surface area contributed by atoms with Crippen molar-refractivity contribution in [1.29, 1.82) is 0 Å². The number of aromatic nitrogens is 1. The minimum Gasteiger partial charge on any atom is -0.497 e. The summed E-state index contributed by atoms with van der Waals surface area (Å²) in [5.74, 6) is 1.61. The second kappa shape index (κ2) is 5.36. The maximum atomic E-state index is 5.90. The number of hydrogen-bond acceptors (Lipinski definition) is 3. The molecule has 0 saturated carbocycles. The van der Waals surface area contributed by atoms with Crippen LogP contribution in [0.5, 0.6) is 5.75 Å². The first kappa shape index (κ1) is 12.8. The average molecular weight is 244 g/mol. The van der Waals surface area contributed by atoms with Crippen LogP contribution in [0.1, 0.15) is 25.5 Å². The van der Waals surface area contributed by atoms with E-state index in [-0.39, 0.29) is 5.92 Å². The monoisotopic (exact) mass is 244 g/mol. The van der Waals surface area contributed by atoms with Gasteiger partial charge in [-0.15, -0.1) is 0 Å². The number of benzene rings is 1. The minimum absolute atomic E-state index is 0.279. The zero-order valence-electron chi connectivity index (χ0n) is 11.2. The van der Waals surface area contributed by atoms with Crippen molar-refractivity contribution in [3.05, 3.63) is 36.2 Å². The number of fused-ring (bicyclic) bond motifs is 1. The SMILES string of the molecule is COc1ccc2ccnc(C(CN)C(C)C)c2c1. The molecule has 1 heterocycles. The molecule has 0 bridgehead atoms. The van der Waals surface area contributed by atoms with Gasteiger partial charge in [0.15, 0.2) is 0 Å². The van der Waals surface area contributed by atoms with E-state index in [0.29, 0.717) is 12.5 Å². The van der Waals surface area contributed by atoms with Gasteiger partial charge in [0.2, 0.25) is 0 Å². The molecule has 0 fully saturated rings. The highest BCUT2D eigenvalue weighted by Gasteiger charge is 2.18. The third kappa shape index (κ3) is 2.31. The Kier molecular flexibility index (Phi) is 3.82. The van der Waals surface area contributed by atoms with Crippen LogP contribution in [-0.4, -0.2) is 18.6 Å². The van der Waals surface area contributed by atoms with Gasteiger partial charge in [-0.2, -0.15) is 0 Å². The molecule has 0 saturated heterocycles. The first-order valence-corrected chi connectivity index (χ1v) is 6.30. The molecule has 2 aromatic rings. The zero-order chi connectivity index (χ0) is 13.1. The van der Waals surface area contributed by atoms with Gasteiger partial charge >= 0.3 is 0 Å². The van der Waals surface area contributed by atoms with Crippen molar-refractivity contribution >= 4 is 10.8 Å². The normalized spacial score (nSPS) is 12.9. The van der Waals surface area contributed by atoms with Crippen LogP contribution in [0.15, 0.2) is 30.5 Å². The van der Waals surface area contributed by atoms with E-state index < -0.39 is 0 Å². The molecule has 96 valence electrons. The lowest BCUT2D eigenvalue weighted by molar-refractivity contribution is 0.415. The number of rotatable bonds is 4. The van der Waals surface area contributed by atoms with Crippen molar-refractivity contribution in [3.8, 4) is 5.75 Å². The van der Waals surface area contributed by atoms with Crippen LogP contribution in [-0.2, 0) is 0 Å². The molecule has 0 aliphatic carbocycles. The molecule has 0 aliphatic rings. The summed E-state index contributed by atoms with van der Waals surface area (Å²) >= 11 is 0. The van der Waals surface area contributed by atoms with Gasteiger partial charge in [0.05, 0.1) is 12.8 Å². The van der Waals surface area contributed by atoms with Crippen molar-refractivity contribution in [3.63, 3.8) is 0 Å². The van der Waals surface area contributed by atoms with Gasteiger partial charge in [0.1, 0.15) is 5.75 Å². The smallest absolute Gasteiger partial charge is 0.119 e. The average Bonchev–Trinajstić information content (AvgIpc) is 2.39. The first-order valence-electron chi connectivity index (χ1n) is 6.30. The third-order valence-electron chi connectivity index (χ3n) is 3.41. The van der Waals surface area contributed by atoms with E-state index in [1.54, 1.807) is 7.11 Å². The summed E-state index contributed by atoms with van der Waals surface area (Å²) in [5.41, 5.74) is 6.97. The Hall–Kier alpha value is -1.61. The highest BCUT2D eigenvalue weighted by atomic mass is 16.5. The Morgan fingerprint density at radius 2 is 2.06 bits per heavy atom. The molecule has 3 heteroatoms. The van der Waals surface area contributed by atoms with E-state index in [1.165, 1.54) is 5.39 Å². The first-order chi connectivity index (χ1) is 8.67. The molecule has 0 spiro atoms. The Balaban J connectivity index is 2.62. The highest BCUT2D eigenvalue weighted by molar-refractivity contribution is 5.86. The predicted octanol–water partition coefficient (Wildman–Crippen LogP) is 2.94. The fourth-order valence-electron chi connectivity index (χ4n) is 2.29. The van der Waals surface area contributed by atoms with E-state index in [4.69, 9.17) is 10.5 Å². The topological polar surface area (TPSA) is 48.1 Å². The van der Waals surface area contributed by atoms with Gasteiger partial charge in [0, 0.05) is 24.0 Å². The lowest BCUT2D eigenvalue weighted by atomic mass is 9.89. The quantitative estimate of drug-likeness (QED) is 0.899. The lowest BCUT2D eigenvalue weighted by Gasteiger charge is -2.20. The van der Waals surface area contributed by atoms with E-state index in [0.717, 1.165) is 16.8 Å². The maximum absolute atomic E-state index is 5.90. The molecule has 1 aromatic carbocycles. The van der Waals surface area contributed by atoms with Crippen molar-refractivity contribution in [2.24, 2.45) is 11.7 Å². The molecule has 1 atom stereocenters. The number of nitrogens with two attached hydrogens (primary N) is 1. The van der Waals surface area contributed by atoms with Crippen molar-refractivity contribution in [2.75, 3.05) is 13.7 Å². The highest BCUT2D eigenvalue weighted by Crippen LogP contribution is 2.30. The van der Waals surface area contributed by atoms with Crippen molar-refractivity contribution in [2.45, 2.75) is 19.8 Å². The van der Waals surface area contributed by atoms with E-state index >= 15 is 0 Å². The summed E-state index contributed by atoms with van der Waals surface area (Å²) in [4.78, 5) is 4.54. The number of pyridine rings is 1. The predicted molar refractivity (Wildman–Crippen MR) is 74.9 cm³/mol. The summed E-state index contributed by atoms with van der Waals surface area (Å²) in [6.07, 6.45) is 1.86. The Morgan fingerprint density at radius 3 is 2.67 bits per heavy atom. The zero-order valence-corrected chi connectivity index (χ0v) is 11.2. The van der Waals surface area contributed by atoms with Crippen LogP contribution >= 0.6 is 0 Å². The molecule has 0 aliphatic heterocycles. The van der Waals surface area contributed by atoms with Gasteiger partial charge < -0.3 is 10.5 Å². The molecule has 2 N–H and O–H groups in total. The van der Waals surface area contributed by atoms with Crippen molar-refractivity contribution < 1.29 is 4.74 Å². The van der Waals surface area contributed by atoms with Gasteiger partial charge in [0.25, 0.3) is 0 Å². The van der Waals surface area contributed by atoms with Crippen LogP contribution in [0, 0.1) is 5.92 Å². The molecule has 18 heavy (non-hydrogen) atoms. The summed E-state index contributed by atoms with van der Waals surface area (Å²) in [7, 11) is 1.68. The summed E-state index contributed by atoms with van der Waals surface area (Å²) < 4.78 is 5.29. The fraction of sp³-hybridized carbons (Fsp3) is 0.400. The Labute approximate surface area is 108 Å². The number of methoxy groups -OCH3 is 1.